The molecule has 5 nitrogen and oxygen atoms in total. The number of carbonyl (C=O) groups excluding carboxylic acids is 1. The van der Waals surface area contributed by atoms with Crippen LogP contribution in [0.2, 0.25) is 0 Å². The van der Waals surface area contributed by atoms with Gasteiger partial charge in [-0.3, -0.25) is 4.90 Å². The number of nitrogens with one attached hydrogen (secondary N) is 1. The van der Waals surface area contributed by atoms with Crippen molar-refractivity contribution in [3.63, 3.8) is 0 Å². The van der Waals surface area contributed by atoms with Crippen LogP contribution in [0, 0.1) is 0 Å². The second-order valence-corrected chi connectivity index (χ2v) is 7.90. The summed E-state index contributed by atoms with van der Waals surface area (Å²) in [6.07, 6.45) is 7.53. The molecule has 23 heavy (non-hydrogen) atoms. The molecule has 0 spiro atoms. The monoisotopic (exact) mass is 324 g/mol. The molecule has 1 heterocycles. The molecule has 1 aliphatic carbocycles. The second-order valence-electron chi connectivity index (χ2n) is 7.90. The Balaban J connectivity index is 1.75. The van der Waals surface area contributed by atoms with Gasteiger partial charge in [-0.25, -0.2) is 0 Å². The summed E-state index contributed by atoms with van der Waals surface area (Å²) in [4.78, 5) is 14.6. The average molecular weight is 324 g/mol. The molecule has 132 valence electrons. The lowest BCUT2D eigenvalue weighted by Crippen LogP contribution is -2.52. The van der Waals surface area contributed by atoms with Crippen LogP contribution in [0.1, 0.15) is 59.3 Å². The van der Waals surface area contributed by atoms with Gasteiger partial charge in [0.15, 0.2) is 6.54 Å². The Hall–Kier alpha value is -0.940. The lowest BCUT2D eigenvalue weighted by molar-refractivity contribution is -0.440. The SMILES string of the molecule is C=[N+](CCNC1CCCCC1N1CCCC1)C(=O)OC(C)(C)C. The summed E-state index contributed by atoms with van der Waals surface area (Å²) < 4.78 is 6.76. The molecule has 2 unspecified atom stereocenters. The molecular formula is C18H34N3O2+. The highest BCUT2D eigenvalue weighted by atomic mass is 16.6. The van der Waals surface area contributed by atoms with Crippen molar-refractivity contribution < 1.29 is 14.1 Å². The largest absolute Gasteiger partial charge is 0.596 e. The van der Waals surface area contributed by atoms with Crippen LogP contribution in [0.4, 0.5) is 4.79 Å². The Kier molecular flexibility index (Phi) is 6.60. The molecule has 1 amide bonds. The van der Waals surface area contributed by atoms with E-state index in [0.717, 1.165) is 6.54 Å². The standard InChI is InChI=1S/C18H34N3O2/c1-18(2,3)23-17(22)20(4)14-11-19-15-9-5-6-10-16(15)21-12-7-8-13-21/h15-16,19H,4-14H2,1-3H3/q+1. The third-order valence-electron chi connectivity index (χ3n) is 4.78. The molecule has 0 aromatic carbocycles. The van der Waals surface area contributed by atoms with Crippen molar-refractivity contribution in [3.8, 4) is 0 Å². The lowest BCUT2D eigenvalue weighted by Gasteiger charge is -2.38. The topological polar surface area (TPSA) is 44.6 Å². The van der Waals surface area contributed by atoms with E-state index < -0.39 is 5.60 Å². The maximum atomic E-state index is 11.9. The molecule has 5 heteroatoms. The highest BCUT2D eigenvalue weighted by molar-refractivity contribution is 5.60. The van der Waals surface area contributed by atoms with Gasteiger partial charge in [0, 0.05) is 12.1 Å². The highest BCUT2D eigenvalue weighted by Crippen LogP contribution is 2.26. The summed E-state index contributed by atoms with van der Waals surface area (Å²) in [5.74, 6) is 0. The predicted octanol–water partition coefficient (Wildman–Crippen LogP) is 2.63. The van der Waals surface area contributed by atoms with Crippen molar-refractivity contribution in [1.82, 2.24) is 10.2 Å². The summed E-state index contributed by atoms with van der Waals surface area (Å²) in [7, 11) is 0. The van der Waals surface area contributed by atoms with E-state index in [0.29, 0.717) is 18.6 Å². The average Bonchev–Trinajstić information content (AvgIpc) is 3.00. The van der Waals surface area contributed by atoms with Crippen molar-refractivity contribution in [1.29, 1.82) is 0 Å². The van der Waals surface area contributed by atoms with Crippen LogP contribution < -0.4 is 5.32 Å². The Morgan fingerprint density at radius 3 is 2.52 bits per heavy atom. The van der Waals surface area contributed by atoms with Crippen LogP contribution in [0.25, 0.3) is 0 Å². The fourth-order valence-electron chi connectivity index (χ4n) is 3.66. The molecule has 1 N–H and O–H groups in total. The van der Waals surface area contributed by atoms with E-state index in [1.807, 2.05) is 20.8 Å². The van der Waals surface area contributed by atoms with Crippen LogP contribution >= 0.6 is 0 Å². The van der Waals surface area contributed by atoms with Crippen molar-refractivity contribution in [2.45, 2.75) is 77.0 Å². The fourth-order valence-corrected chi connectivity index (χ4v) is 3.66. The first kappa shape index (κ1) is 18.4. The molecule has 0 aromatic heterocycles. The molecule has 2 rings (SSSR count). The molecule has 2 aliphatic rings. The third-order valence-corrected chi connectivity index (χ3v) is 4.78. The minimum absolute atomic E-state index is 0.348. The van der Waals surface area contributed by atoms with Gasteiger partial charge in [0.1, 0.15) is 12.3 Å². The van der Waals surface area contributed by atoms with Gasteiger partial charge in [-0.1, -0.05) is 12.8 Å². The number of rotatable bonds is 5. The first-order valence-electron chi connectivity index (χ1n) is 9.15. The molecule has 0 bridgehead atoms. The molecule has 0 aromatic rings. The zero-order valence-corrected chi connectivity index (χ0v) is 15.1. The van der Waals surface area contributed by atoms with Gasteiger partial charge in [-0.15, -0.1) is 4.58 Å². The van der Waals surface area contributed by atoms with E-state index in [2.05, 4.69) is 16.9 Å². The molecule has 0 radical (unpaired) electrons. The van der Waals surface area contributed by atoms with Gasteiger partial charge >= 0.3 is 6.09 Å². The number of carbonyl (C=O) groups is 1. The maximum absolute atomic E-state index is 11.9. The number of hydrogen-bond acceptors (Lipinski definition) is 4. The zero-order valence-electron chi connectivity index (χ0n) is 15.1. The number of hydrogen-bond donors (Lipinski definition) is 1. The van der Waals surface area contributed by atoms with Gasteiger partial charge in [0.25, 0.3) is 0 Å². The molecular weight excluding hydrogens is 290 g/mol. The Morgan fingerprint density at radius 1 is 1.22 bits per heavy atom. The van der Waals surface area contributed by atoms with Gasteiger partial charge < -0.3 is 10.1 Å². The van der Waals surface area contributed by atoms with Crippen LogP contribution in [0.5, 0.6) is 0 Å². The number of nitrogens with zero attached hydrogens (tertiary/aromatic N) is 2. The molecule has 2 fully saturated rings. The number of likely N-dealkylation sites (tertiary alicyclic amines) is 1. The first-order valence-corrected chi connectivity index (χ1v) is 9.15. The summed E-state index contributed by atoms with van der Waals surface area (Å²) in [5, 5.41) is 3.67. The molecule has 1 aliphatic heterocycles. The molecule has 2 atom stereocenters. The van der Waals surface area contributed by atoms with Crippen molar-refractivity contribution in [3.05, 3.63) is 0 Å². The van der Waals surface area contributed by atoms with E-state index in [4.69, 9.17) is 4.74 Å². The second kappa shape index (κ2) is 8.25. The van der Waals surface area contributed by atoms with Crippen LogP contribution in [-0.2, 0) is 4.74 Å². The van der Waals surface area contributed by atoms with Gasteiger partial charge in [0.2, 0.25) is 0 Å². The van der Waals surface area contributed by atoms with Gasteiger partial charge in [-0.2, -0.15) is 4.79 Å². The quantitative estimate of drug-likeness (QED) is 0.624. The van der Waals surface area contributed by atoms with Gasteiger partial charge in [-0.05, 0) is 59.5 Å². The Labute approximate surface area is 141 Å². The first-order chi connectivity index (χ1) is 10.9. The summed E-state index contributed by atoms with van der Waals surface area (Å²) in [5.41, 5.74) is -0.468. The third kappa shape index (κ3) is 5.88. The van der Waals surface area contributed by atoms with E-state index in [1.54, 1.807) is 0 Å². The van der Waals surface area contributed by atoms with Gasteiger partial charge in [0.05, 0.1) is 6.54 Å². The summed E-state index contributed by atoms with van der Waals surface area (Å²) in [6, 6.07) is 1.22. The van der Waals surface area contributed by atoms with E-state index in [1.165, 1.54) is 56.2 Å². The van der Waals surface area contributed by atoms with Crippen molar-refractivity contribution in [2.24, 2.45) is 0 Å². The van der Waals surface area contributed by atoms with Crippen LogP contribution in [0.15, 0.2) is 0 Å². The zero-order chi connectivity index (χ0) is 16.9. The molecule has 1 saturated heterocycles. The van der Waals surface area contributed by atoms with Crippen LogP contribution in [0.3, 0.4) is 0 Å². The number of amides is 1. The maximum Gasteiger partial charge on any atom is 0.596 e. The molecule has 1 saturated carbocycles. The lowest BCUT2D eigenvalue weighted by atomic mass is 9.89. The summed E-state index contributed by atoms with van der Waals surface area (Å²) >= 11 is 0. The smallest absolute Gasteiger partial charge is 0.406 e. The van der Waals surface area contributed by atoms with Crippen molar-refractivity contribution >= 4 is 12.8 Å². The minimum Gasteiger partial charge on any atom is -0.406 e. The number of ether oxygens (including phenoxy) is 1. The predicted molar refractivity (Wildman–Crippen MR) is 93.3 cm³/mol. The van der Waals surface area contributed by atoms with Crippen LogP contribution in [-0.4, -0.2) is 66.1 Å². The normalized spacial score (nSPS) is 26.2. The Morgan fingerprint density at radius 2 is 1.87 bits per heavy atom. The van der Waals surface area contributed by atoms with E-state index in [9.17, 15) is 4.79 Å². The highest BCUT2D eigenvalue weighted by Gasteiger charge is 2.31. The fraction of sp³-hybridized carbons (Fsp3) is 0.889. The Bertz CT molecular complexity index is 411. The van der Waals surface area contributed by atoms with Crippen molar-refractivity contribution in [2.75, 3.05) is 26.2 Å². The minimum atomic E-state index is -0.468. The van der Waals surface area contributed by atoms with E-state index in [-0.39, 0.29) is 6.09 Å². The van der Waals surface area contributed by atoms with E-state index >= 15 is 0 Å². The summed E-state index contributed by atoms with van der Waals surface area (Å²) in [6.45, 7) is 13.3.